The molecule has 0 saturated carbocycles. The van der Waals surface area contributed by atoms with Crippen LogP contribution in [-0.4, -0.2) is 28.2 Å². The van der Waals surface area contributed by atoms with E-state index in [9.17, 15) is 4.79 Å². The summed E-state index contributed by atoms with van der Waals surface area (Å²) in [5.41, 5.74) is 1.47. The van der Waals surface area contributed by atoms with Crippen LogP contribution in [0.1, 0.15) is 42.9 Å². The number of nitrogens with zero attached hydrogens (tertiary/aromatic N) is 2. The van der Waals surface area contributed by atoms with E-state index in [1.165, 1.54) is 0 Å². The summed E-state index contributed by atoms with van der Waals surface area (Å²) >= 11 is 5.64. The molecule has 0 N–H and O–H groups in total. The second kappa shape index (κ2) is 7.33. The summed E-state index contributed by atoms with van der Waals surface area (Å²) in [5.74, 6) is 0.323. The molecule has 0 aliphatic carbocycles. The molecule has 4 nitrogen and oxygen atoms in total. The first kappa shape index (κ1) is 14.0. The van der Waals surface area contributed by atoms with Crippen LogP contribution in [0.15, 0.2) is 6.07 Å². The molecule has 0 aliphatic rings. The molecule has 1 aromatic heterocycles. The molecule has 0 saturated heterocycles. The van der Waals surface area contributed by atoms with E-state index in [-0.39, 0.29) is 5.97 Å². The van der Waals surface area contributed by atoms with E-state index in [4.69, 9.17) is 16.3 Å². The number of halogens is 1. The van der Waals surface area contributed by atoms with E-state index in [2.05, 4.69) is 5.10 Å². The van der Waals surface area contributed by atoms with Crippen LogP contribution in [-0.2, 0) is 17.7 Å². The van der Waals surface area contributed by atoms with E-state index in [1.807, 2.05) is 17.7 Å². The molecule has 0 spiro atoms. The number of esters is 1. The number of unbranched alkanes of at least 4 members (excludes halogenated alkanes) is 1. The number of hydrogen-bond donors (Lipinski definition) is 0. The molecule has 0 aromatic carbocycles. The Morgan fingerprint density at radius 2 is 2.24 bits per heavy atom. The molecule has 1 heterocycles. The van der Waals surface area contributed by atoms with Gasteiger partial charge in [0.15, 0.2) is 5.69 Å². The molecular weight excluding hydrogens is 240 g/mol. The van der Waals surface area contributed by atoms with Crippen LogP contribution >= 0.6 is 11.6 Å². The van der Waals surface area contributed by atoms with Crippen LogP contribution in [0.4, 0.5) is 0 Å². The highest BCUT2D eigenvalue weighted by Gasteiger charge is 2.14. The van der Waals surface area contributed by atoms with Gasteiger partial charge in [0.25, 0.3) is 0 Å². The Bertz CT molecular complexity index is 363. The maximum atomic E-state index is 11.5. The van der Waals surface area contributed by atoms with Crippen molar-refractivity contribution in [3.63, 3.8) is 0 Å². The third-order valence-electron chi connectivity index (χ3n) is 2.46. The van der Waals surface area contributed by atoms with Gasteiger partial charge >= 0.3 is 5.97 Å². The van der Waals surface area contributed by atoms with Gasteiger partial charge in [-0.15, -0.1) is 11.6 Å². The zero-order valence-electron chi connectivity index (χ0n) is 10.4. The fourth-order valence-corrected chi connectivity index (χ4v) is 1.82. The molecule has 0 atom stereocenters. The van der Waals surface area contributed by atoms with E-state index < -0.39 is 0 Å². The fraction of sp³-hybridized carbons (Fsp3) is 0.667. The third-order valence-corrected chi connectivity index (χ3v) is 2.73. The predicted molar refractivity (Wildman–Crippen MR) is 67.5 cm³/mol. The van der Waals surface area contributed by atoms with E-state index in [0.29, 0.717) is 18.2 Å². The highest BCUT2D eigenvalue weighted by atomic mass is 35.5. The van der Waals surface area contributed by atoms with Crippen molar-refractivity contribution in [2.24, 2.45) is 0 Å². The van der Waals surface area contributed by atoms with Gasteiger partial charge in [0.05, 0.1) is 6.61 Å². The zero-order valence-corrected chi connectivity index (χ0v) is 11.2. The van der Waals surface area contributed by atoms with Crippen molar-refractivity contribution in [2.75, 3.05) is 12.5 Å². The lowest BCUT2D eigenvalue weighted by molar-refractivity contribution is 0.0518. The number of carbonyl (C=O) groups is 1. The molecule has 0 fully saturated rings. The van der Waals surface area contributed by atoms with E-state index in [1.54, 1.807) is 6.92 Å². The highest BCUT2D eigenvalue weighted by molar-refractivity contribution is 6.17. The largest absolute Gasteiger partial charge is 0.461 e. The SMILES string of the molecule is CCOC(=O)c1cc(CCCCCl)n(CC)n1. The zero-order chi connectivity index (χ0) is 12.7. The molecule has 1 aromatic rings. The van der Waals surface area contributed by atoms with Crippen molar-refractivity contribution >= 4 is 17.6 Å². The average Bonchev–Trinajstić information content (AvgIpc) is 2.73. The first-order valence-electron chi connectivity index (χ1n) is 6.02. The number of alkyl halides is 1. The first-order chi connectivity index (χ1) is 8.22. The Morgan fingerprint density at radius 1 is 1.47 bits per heavy atom. The average molecular weight is 259 g/mol. The van der Waals surface area contributed by atoms with Crippen molar-refractivity contribution in [3.8, 4) is 0 Å². The summed E-state index contributed by atoms with van der Waals surface area (Å²) in [6.45, 7) is 4.93. The number of aryl methyl sites for hydroxylation is 2. The lowest BCUT2D eigenvalue weighted by atomic mass is 10.2. The van der Waals surface area contributed by atoms with Crippen LogP contribution in [0.5, 0.6) is 0 Å². The van der Waals surface area contributed by atoms with Crippen LogP contribution in [0, 0.1) is 0 Å². The second-order valence-electron chi connectivity index (χ2n) is 3.70. The van der Waals surface area contributed by atoms with Crippen LogP contribution in [0.3, 0.4) is 0 Å². The number of ether oxygens (including phenoxy) is 1. The number of carbonyl (C=O) groups excluding carboxylic acids is 1. The van der Waals surface area contributed by atoms with Gasteiger partial charge in [-0.1, -0.05) is 0 Å². The van der Waals surface area contributed by atoms with Crippen LogP contribution in [0.25, 0.3) is 0 Å². The van der Waals surface area contributed by atoms with Gasteiger partial charge in [-0.05, 0) is 39.2 Å². The minimum Gasteiger partial charge on any atom is -0.461 e. The summed E-state index contributed by atoms with van der Waals surface area (Å²) in [4.78, 5) is 11.5. The second-order valence-corrected chi connectivity index (χ2v) is 4.08. The monoisotopic (exact) mass is 258 g/mol. The summed E-state index contributed by atoms with van der Waals surface area (Å²) in [6, 6.07) is 1.82. The van der Waals surface area contributed by atoms with Crippen molar-refractivity contribution in [1.29, 1.82) is 0 Å². The van der Waals surface area contributed by atoms with Crippen molar-refractivity contribution < 1.29 is 9.53 Å². The number of hydrogen-bond acceptors (Lipinski definition) is 3. The standard InChI is InChI=1S/C12H19ClN2O2/c1-3-15-10(7-5-6-8-13)9-11(14-15)12(16)17-4-2/h9H,3-8H2,1-2H3. The molecule has 5 heteroatoms. The van der Waals surface area contributed by atoms with Gasteiger partial charge in [-0.25, -0.2) is 4.79 Å². The molecule has 0 amide bonds. The molecule has 17 heavy (non-hydrogen) atoms. The van der Waals surface area contributed by atoms with Gasteiger partial charge in [0.2, 0.25) is 0 Å². The minimum atomic E-state index is -0.349. The Labute approximate surface area is 107 Å². The predicted octanol–water partition coefficient (Wildman–Crippen LogP) is 2.64. The molecular formula is C12H19ClN2O2. The number of rotatable bonds is 7. The Balaban J connectivity index is 2.72. The summed E-state index contributed by atoms with van der Waals surface area (Å²) in [7, 11) is 0. The maximum absolute atomic E-state index is 11.5. The van der Waals surface area contributed by atoms with E-state index in [0.717, 1.165) is 31.5 Å². The Kier molecular flexibility index (Phi) is 6.05. The van der Waals surface area contributed by atoms with Gasteiger partial charge in [-0.2, -0.15) is 5.10 Å². The van der Waals surface area contributed by atoms with Gasteiger partial charge in [-0.3, -0.25) is 4.68 Å². The van der Waals surface area contributed by atoms with Gasteiger partial charge in [0, 0.05) is 18.1 Å². The first-order valence-corrected chi connectivity index (χ1v) is 6.56. The highest BCUT2D eigenvalue weighted by Crippen LogP contribution is 2.10. The lowest BCUT2D eigenvalue weighted by Crippen LogP contribution is -2.07. The molecule has 0 bridgehead atoms. The van der Waals surface area contributed by atoms with Crippen LogP contribution in [0.2, 0.25) is 0 Å². The smallest absolute Gasteiger partial charge is 0.358 e. The molecule has 96 valence electrons. The van der Waals surface area contributed by atoms with Crippen LogP contribution < -0.4 is 0 Å². The summed E-state index contributed by atoms with van der Waals surface area (Å²) in [6.07, 6.45) is 2.88. The molecule has 0 unspecified atom stereocenters. The lowest BCUT2D eigenvalue weighted by Gasteiger charge is -2.02. The van der Waals surface area contributed by atoms with Crippen molar-refractivity contribution in [1.82, 2.24) is 9.78 Å². The molecule has 0 aliphatic heterocycles. The van der Waals surface area contributed by atoms with Crippen molar-refractivity contribution in [3.05, 3.63) is 17.5 Å². The topological polar surface area (TPSA) is 44.1 Å². The summed E-state index contributed by atoms with van der Waals surface area (Å²) in [5, 5.41) is 4.24. The fourth-order valence-electron chi connectivity index (χ4n) is 1.64. The van der Waals surface area contributed by atoms with Gasteiger partial charge in [0.1, 0.15) is 0 Å². The van der Waals surface area contributed by atoms with E-state index >= 15 is 0 Å². The van der Waals surface area contributed by atoms with Gasteiger partial charge < -0.3 is 4.74 Å². The third kappa shape index (κ3) is 4.04. The molecule has 0 radical (unpaired) electrons. The Hall–Kier alpha value is -1.03. The maximum Gasteiger partial charge on any atom is 0.358 e. The normalized spacial score (nSPS) is 10.5. The van der Waals surface area contributed by atoms with Crippen molar-refractivity contribution in [2.45, 2.75) is 39.7 Å². The summed E-state index contributed by atoms with van der Waals surface area (Å²) < 4.78 is 6.78. The Morgan fingerprint density at radius 3 is 2.82 bits per heavy atom. The molecule has 1 rings (SSSR count). The quantitative estimate of drug-likeness (QED) is 0.429. The minimum absolute atomic E-state index is 0.349. The number of aromatic nitrogens is 2.